The number of carbonyl (C=O) groups excluding carboxylic acids is 1. The van der Waals surface area contributed by atoms with Crippen molar-refractivity contribution in [1.82, 2.24) is 5.32 Å². The summed E-state index contributed by atoms with van der Waals surface area (Å²) in [6.45, 7) is 9.75. The molecule has 0 aliphatic carbocycles. The summed E-state index contributed by atoms with van der Waals surface area (Å²) in [6.07, 6.45) is 3.72. The summed E-state index contributed by atoms with van der Waals surface area (Å²) in [5.74, 6) is 0.0836. The second-order valence-electron chi connectivity index (χ2n) is 4.96. The molecule has 0 aromatic carbocycles. The molecule has 0 saturated carbocycles. The third-order valence-corrected chi connectivity index (χ3v) is 3.33. The van der Waals surface area contributed by atoms with Crippen LogP contribution in [0.25, 0.3) is 0 Å². The average Bonchev–Trinajstić information content (AvgIpc) is 2.35. The zero-order valence-corrected chi connectivity index (χ0v) is 12.4. The van der Waals surface area contributed by atoms with Crippen LogP contribution in [0, 0.1) is 5.41 Å². The van der Waals surface area contributed by atoms with E-state index in [4.69, 9.17) is 10.5 Å². The highest BCUT2D eigenvalue weighted by molar-refractivity contribution is 5.82. The standard InChI is InChI=1S/C14H30N2O2/c1-5-8-14(11-15,9-6-2)13(17)16-10-12(4)18-7-3/h12H,5-11,15H2,1-4H3,(H,16,17). The fraction of sp³-hybridized carbons (Fsp3) is 0.929. The van der Waals surface area contributed by atoms with Crippen molar-refractivity contribution >= 4 is 5.91 Å². The first kappa shape index (κ1) is 17.4. The Hall–Kier alpha value is -0.610. The molecule has 1 atom stereocenters. The van der Waals surface area contributed by atoms with Crippen LogP contribution < -0.4 is 11.1 Å². The number of nitrogens with two attached hydrogens (primary N) is 1. The van der Waals surface area contributed by atoms with Gasteiger partial charge in [0.05, 0.1) is 11.5 Å². The van der Waals surface area contributed by atoms with Crippen molar-refractivity contribution < 1.29 is 9.53 Å². The molecule has 0 rings (SSSR count). The van der Waals surface area contributed by atoms with Crippen LogP contribution in [0.15, 0.2) is 0 Å². The van der Waals surface area contributed by atoms with Crippen LogP contribution in [0.1, 0.15) is 53.4 Å². The van der Waals surface area contributed by atoms with E-state index in [-0.39, 0.29) is 12.0 Å². The molecule has 108 valence electrons. The Bertz CT molecular complexity index is 226. The molecule has 0 aliphatic heterocycles. The van der Waals surface area contributed by atoms with Crippen molar-refractivity contribution in [2.75, 3.05) is 19.7 Å². The van der Waals surface area contributed by atoms with E-state index in [1.807, 2.05) is 13.8 Å². The molecule has 0 aromatic rings. The van der Waals surface area contributed by atoms with Crippen LogP contribution >= 0.6 is 0 Å². The number of rotatable bonds is 10. The number of carbonyl (C=O) groups is 1. The molecular formula is C14H30N2O2. The smallest absolute Gasteiger partial charge is 0.227 e. The normalized spacial score (nSPS) is 13.4. The van der Waals surface area contributed by atoms with E-state index >= 15 is 0 Å². The lowest BCUT2D eigenvalue weighted by Gasteiger charge is -2.31. The van der Waals surface area contributed by atoms with Gasteiger partial charge in [-0.1, -0.05) is 26.7 Å². The molecule has 0 fully saturated rings. The molecule has 0 saturated heterocycles. The van der Waals surface area contributed by atoms with E-state index in [9.17, 15) is 4.79 Å². The molecule has 0 aromatic heterocycles. The minimum absolute atomic E-state index is 0.0534. The van der Waals surface area contributed by atoms with E-state index in [0.29, 0.717) is 19.7 Å². The minimum Gasteiger partial charge on any atom is -0.377 e. The average molecular weight is 258 g/mol. The SMILES string of the molecule is CCCC(CN)(CCC)C(=O)NCC(C)OCC. The number of ether oxygens (including phenoxy) is 1. The molecule has 1 amide bonds. The van der Waals surface area contributed by atoms with Gasteiger partial charge in [0, 0.05) is 19.7 Å². The fourth-order valence-corrected chi connectivity index (χ4v) is 2.37. The van der Waals surface area contributed by atoms with Crippen LogP contribution in [-0.2, 0) is 9.53 Å². The van der Waals surface area contributed by atoms with Crippen molar-refractivity contribution in [3.63, 3.8) is 0 Å². The lowest BCUT2D eigenvalue weighted by Crippen LogP contribution is -2.47. The van der Waals surface area contributed by atoms with Gasteiger partial charge in [-0.05, 0) is 26.7 Å². The molecule has 0 aliphatic rings. The number of hydrogen-bond donors (Lipinski definition) is 2. The van der Waals surface area contributed by atoms with Gasteiger partial charge in [0.2, 0.25) is 5.91 Å². The van der Waals surface area contributed by atoms with Crippen molar-refractivity contribution in [2.45, 2.75) is 59.5 Å². The van der Waals surface area contributed by atoms with Gasteiger partial charge in [-0.2, -0.15) is 0 Å². The van der Waals surface area contributed by atoms with Crippen molar-refractivity contribution in [3.8, 4) is 0 Å². The van der Waals surface area contributed by atoms with Gasteiger partial charge >= 0.3 is 0 Å². The monoisotopic (exact) mass is 258 g/mol. The predicted octanol–water partition coefficient (Wildman–Crippen LogP) is 2.07. The summed E-state index contributed by atoms with van der Waals surface area (Å²) in [4.78, 5) is 12.3. The Balaban J connectivity index is 4.45. The molecule has 0 bridgehead atoms. The van der Waals surface area contributed by atoms with Gasteiger partial charge in [-0.15, -0.1) is 0 Å². The number of nitrogens with one attached hydrogen (secondary N) is 1. The summed E-state index contributed by atoms with van der Waals surface area (Å²) in [6, 6.07) is 0. The maximum atomic E-state index is 12.3. The molecule has 4 nitrogen and oxygen atoms in total. The van der Waals surface area contributed by atoms with Crippen molar-refractivity contribution in [2.24, 2.45) is 11.1 Å². The third-order valence-electron chi connectivity index (χ3n) is 3.33. The largest absolute Gasteiger partial charge is 0.377 e. The summed E-state index contributed by atoms with van der Waals surface area (Å²) in [5.41, 5.74) is 5.46. The zero-order chi connectivity index (χ0) is 14.0. The molecule has 1 unspecified atom stereocenters. The highest BCUT2D eigenvalue weighted by Gasteiger charge is 2.35. The van der Waals surface area contributed by atoms with E-state index in [0.717, 1.165) is 25.7 Å². The van der Waals surface area contributed by atoms with Crippen LogP contribution in [0.2, 0.25) is 0 Å². The summed E-state index contributed by atoms with van der Waals surface area (Å²) in [5, 5.41) is 2.98. The zero-order valence-electron chi connectivity index (χ0n) is 12.4. The Morgan fingerprint density at radius 3 is 2.22 bits per heavy atom. The molecule has 4 heteroatoms. The molecule has 0 radical (unpaired) electrons. The van der Waals surface area contributed by atoms with Crippen LogP contribution in [-0.4, -0.2) is 31.7 Å². The highest BCUT2D eigenvalue weighted by Crippen LogP contribution is 2.28. The van der Waals surface area contributed by atoms with Crippen molar-refractivity contribution in [1.29, 1.82) is 0 Å². The third kappa shape index (κ3) is 5.36. The van der Waals surface area contributed by atoms with Crippen LogP contribution in [0.3, 0.4) is 0 Å². The quantitative estimate of drug-likeness (QED) is 0.630. The summed E-state index contributed by atoms with van der Waals surface area (Å²) >= 11 is 0. The van der Waals surface area contributed by atoms with Gasteiger partial charge in [0.15, 0.2) is 0 Å². The maximum absolute atomic E-state index is 12.3. The maximum Gasteiger partial charge on any atom is 0.227 e. The van der Waals surface area contributed by atoms with E-state index in [1.165, 1.54) is 0 Å². The second-order valence-corrected chi connectivity index (χ2v) is 4.96. The number of amides is 1. The minimum atomic E-state index is -0.393. The van der Waals surface area contributed by atoms with Gasteiger partial charge in [0.1, 0.15) is 0 Å². The molecule has 3 N–H and O–H groups in total. The predicted molar refractivity (Wildman–Crippen MR) is 75.4 cm³/mol. The Labute approximate surface area is 112 Å². The molecule has 0 heterocycles. The molecule has 0 spiro atoms. The van der Waals surface area contributed by atoms with Crippen LogP contribution in [0.5, 0.6) is 0 Å². The second kappa shape index (κ2) is 9.34. The summed E-state index contributed by atoms with van der Waals surface area (Å²) in [7, 11) is 0. The van der Waals surface area contributed by atoms with Crippen LogP contribution in [0.4, 0.5) is 0 Å². The van der Waals surface area contributed by atoms with Gasteiger partial charge in [-0.3, -0.25) is 4.79 Å². The van der Waals surface area contributed by atoms with E-state index < -0.39 is 5.41 Å². The fourth-order valence-electron chi connectivity index (χ4n) is 2.37. The topological polar surface area (TPSA) is 64.4 Å². The first-order chi connectivity index (χ1) is 8.56. The first-order valence-corrected chi connectivity index (χ1v) is 7.16. The van der Waals surface area contributed by atoms with E-state index in [2.05, 4.69) is 19.2 Å². The lowest BCUT2D eigenvalue weighted by atomic mass is 9.78. The van der Waals surface area contributed by atoms with Gasteiger partial charge in [-0.25, -0.2) is 0 Å². The van der Waals surface area contributed by atoms with Gasteiger partial charge < -0.3 is 15.8 Å². The first-order valence-electron chi connectivity index (χ1n) is 7.16. The van der Waals surface area contributed by atoms with Crippen molar-refractivity contribution in [3.05, 3.63) is 0 Å². The molecular weight excluding hydrogens is 228 g/mol. The van der Waals surface area contributed by atoms with E-state index in [1.54, 1.807) is 0 Å². The Morgan fingerprint density at radius 2 is 1.83 bits per heavy atom. The highest BCUT2D eigenvalue weighted by atomic mass is 16.5. The summed E-state index contributed by atoms with van der Waals surface area (Å²) < 4.78 is 5.41. The Morgan fingerprint density at radius 1 is 1.28 bits per heavy atom. The number of hydrogen-bond acceptors (Lipinski definition) is 3. The molecule has 18 heavy (non-hydrogen) atoms. The van der Waals surface area contributed by atoms with Gasteiger partial charge in [0.25, 0.3) is 0 Å². The lowest BCUT2D eigenvalue weighted by molar-refractivity contribution is -0.132. The Kier molecular flexibility index (Phi) is 9.02.